The minimum Gasteiger partial charge on any atom is -0.481 e. The van der Waals surface area contributed by atoms with Crippen LogP contribution in [0.25, 0.3) is 0 Å². The van der Waals surface area contributed by atoms with Crippen LogP contribution in [0.1, 0.15) is 27.6 Å². The topological polar surface area (TPSA) is 338 Å². The molecule has 4 aromatic rings. The van der Waals surface area contributed by atoms with Gasteiger partial charge in [-0.3, -0.25) is 20.0 Å². The number of nitrogens with one attached hydrogen (secondary N) is 4. The van der Waals surface area contributed by atoms with Crippen LogP contribution in [0.4, 0.5) is 21.5 Å². The van der Waals surface area contributed by atoms with Gasteiger partial charge in [0, 0.05) is 14.1 Å². The van der Waals surface area contributed by atoms with E-state index in [0.717, 1.165) is 21.8 Å². The molecule has 4 aromatic heterocycles. The number of aryl methyl sites for hydroxylation is 2. The van der Waals surface area contributed by atoms with Crippen LogP contribution in [-0.2, 0) is 38.9 Å². The molecule has 28 heteroatoms. The number of rotatable bonds is 13. The van der Waals surface area contributed by atoms with E-state index in [1.807, 2.05) is 0 Å². The molecule has 0 radical (unpaired) electrons. The van der Waals surface area contributed by atoms with Crippen molar-refractivity contribution in [3.05, 3.63) is 35.7 Å². The highest BCUT2D eigenvalue weighted by Crippen LogP contribution is 2.20. The Morgan fingerprint density at radius 2 is 1.02 bits per heavy atom. The number of urea groups is 2. The van der Waals surface area contributed by atoms with Gasteiger partial charge in [-0.2, -0.15) is 47.0 Å². The van der Waals surface area contributed by atoms with Gasteiger partial charge < -0.3 is 28.8 Å². The van der Waals surface area contributed by atoms with Gasteiger partial charge in [0.2, 0.25) is 35.4 Å². The molecule has 292 valence electrons. The van der Waals surface area contributed by atoms with E-state index in [4.69, 9.17) is 28.8 Å². The average Bonchev–Trinajstić information content (AvgIpc) is 3.71. The summed E-state index contributed by atoms with van der Waals surface area (Å²) in [6, 6.07) is 0.305. The predicted octanol–water partition coefficient (Wildman–Crippen LogP) is -0.650. The smallest absolute Gasteiger partial charge is 0.342 e. The van der Waals surface area contributed by atoms with Gasteiger partial charge in [-0.15, -0.1) is 0 Å². The predicted molar refractivity (Wildman–Crippen MR) is 178 cm³/mol. The number of nitrogens with zero attached hydrogens (tertiary/aromatic N) is 8. The number of carboxylic acids is 1. The summed E-state index contributed by atoms with van der Waals surface area (Å²) in [4.78, 5) is 62.4. The summed E-state index contributed by atoms with van der Waals surface area (Å²) in [5.41, 5.74) is -0.906. The fraction of sp³-hybridized carbons (Fsp3) is 0.308. The van der Waals surface area contributed by atoms with Crippen molar-refractivity contribution in [1.29, 1.82) is 0 Å². The lowest BCUT2D eigenvalue weighted by Crippen LogP contribution is -2.36. The summed E-state index contributed by atoms with van der Waals surface area (Å²) < 4.78 is 79.3. The Hall–Kier alpha value is -6.84. The number of carbonyl (C=O) groups excluding carboxylic acids is 3. The summed E-state index contributed by atoms with van der Waals surface area (Å²) in [5, 5.41) is 19.3. The van der Waals surface area contributed by atoms with E-state index in [1.54, 1.807) is 16.4 Å². The maximum atomic E-state index is 12.6. The summed E-state index contributed by atoms with van der Waals surface area (Å²) in [7, 11) is -1.16. The summed E-state index contributed by atoms with van der Waals surface area (Å²) >= 11 is 0. The van der Waals surface area contributed by atoms with Crippen LogP contribution in [0.3, 0.4) is 0 Å². The van der Waals surface area contributed by atoms with E-state index in [-0.39, 0.29) is 47.6 Å². The standard InChI is InChI=1S/C14H18N6O7S.C12H14N6O7S/c1-5-27-12(21)8-7-15-20(2)11(8)28(23,24)19-14(22)18-13-16-9(25-3)6-10(17-13)26-4;1-18-9(6(5-13-18)10(19)20)26(22,23)17-12(21)16-11-14-7(24-2)4-8(15-11)25-3/h6-7H,5H2,1-4H3,(H2,16,17,18,19,22);4-5H,1-3H3,(H,19,20)(H2,14,15,16,17,21). The number of carbonyl (C=O) groups is 4. The minimum atomic E-state index is -4.53. The molecule has 0 spiro atoms. The molecule has 0 atom stereocenters. The summed E-state index contributed by atoms with van der Waals surface area (Å²) in [6.45, 7) is 1.60. The molecule has 0 fully saturated rings. The number of sulfonamides is 2. The van der Waals surface area contributed by atoms with Gasteiger partial charge >= 0.3 is 24.0 Å². The van der Waals surface area contributed by atoms with E-state index in [9.17, 15) is 36.0 Å². The maximum Gasteiger partial charge on any atom is 0.342 e. The van der Waals surface area contributed by atoms with Crippen LogP contribution >= 0.6 is 0 Å². The molecule has 0 aliphatic carbocycles. The number of carboxylic acid groups (broad SMARTS) is 1. The highest BCUT2D eigenvalue weighted by molar-refractivity contribution is 7.90. The molecule has 4 amide bonds. The second-order valence-electron chi connectivity index (χ2n) is 9.67. The highest BCUT2D eigenvalue weighted by Gasteiger charge is 2.31. The molecular formula is C26H32N12O14S2. The van der Waals surface area contributed by atoms with E-state index in [1.165, 1.54) is 54.7 Å². The molecule has 0 bridgehead atoms. The van der Waals surface area contributed by atoms with Crippen molar-refractivity contribution < 1.29 is 64.8 Å². The number of methoxy groups -OCH3 is 4. The number of amides is 4. The van der Waals surface area contributed by atoms with Crippen molar-refractivity contribution in [2.24, 2.45) is 14.1 Å². The Morgan fingerprint density at radius 3 is 1.35 bits per heavy atom. The molecular weight excluding hydrogens is 768 g/mol. The van der Waals surface area contributed by atoms with Gasteiger partial charge in [0.1, 0.15) is 11.1 Å². The number of hydrogen-bond acceptors (Lipinski definition) is 19. The fourth-order valence-corrected chi connectivity index (χ4v) is 6.35. The number of esters is 1. The highest BCUT2D eigenvalue weighted by atomic mass is 32.2. The SMILES string of the molecule is CCOC(=O)c1cnn(C)c1S(=O)(=O)NC(=O)Nc1nc(OC)cc(OC)n1.COc1cc(OC)nc(NC(=O)NS(=O)(=O)c2c(C(=O)O)cnn2C)n1. The third-order valence-corrected chi connectivity index (χ3v) is 9.00. The van der Waals surface area contributed by atoms with Crippen LogP contribution < -0.4 is 39.0 Å². The number of anilines is 2. The largest absolute Gasteiger partial charge is 0.481 e. The Labute approximate surface area is 305 Å². The molecule has 4 rings (SSSR count). The molecule has 0 aromatic carbocycles. The van der Waals surface area contributed by atoms with Gasteiger partial charge in [-0.05, 0) is 6.92 Å². The van der Waals surface area contributed by atoms with Crippen molar-refractivity contribution in [2.75, 3.05) is 45.7 Å². The lowest BCUT2D eigenvalue weighted by Gasteiger charge is -2.10. The number of aromatic nitrogens is 8. The Morgan fingerprint density at radius 1 is 0.667 bits per heavy atom. The van der Waals surface area contributed by atoms with Crippen LogP contribution in [0.2, 0.25) is 0 Å². The molecule has 0 unspecified atom stereocenters. The monoisotopic (exact) mass is 800 g/mol. The minimum absolute atomic E-state index is 0.0378. The van der Waals surface area contributed by atoms with Crippen molar-refractivity contribution in [2.45, 2.75) is 17.0 Å². The van der Waals surface area contributed by atoms with E-state index in [0.29, 0.717) is 0 Å². The first-order chi connectivity index (χ1) is 25.4. The first-order valence-electron chi connectivity index (χ1n) is 14.5. The molecule has 5 N–H and O–H groups in total. The van der Waals surface area contributed by atoms with Crippen molar-refractivity contribution in [3.8, 4) is 23.5 Å². The first kappa shape index (κ1) is 41.6. The van der Waals surface area contributed by atoms with Crippen LogP contribution in [0, 0.1) is 0 Å². The molecule has 0 aliphatic rings. The quantitative estimate of drug-likeness (QED) is 0.105. The number of hydrogen-bond donors (Lipinski definition) is 5. The zero-order valence-electron chi connectivity index (χ0n) is 29.2. The van der Waals surface area contributed by atoms with Gasteiger partial charge in [0.25, 0.3) is 20.0 Å². The van der Waals surface area contributed by atoms with Crippen LogP contribution in [-0.4, -0.2) is 120 Å². The van der Waals surface area contributed by atoms with Gasteiger partial charge in [0.05, 0.1) is 59.6 Å². The van der Waals surface area contributed by atoms with Gasteiger partial charge in [-0.1, -0.05) is 0 Å². The van der Waals surface area contributed by atoms with Crippen molar-refractivity contribution in [3.63, 3.8) is 0 Å². The van der Waals surface area contributed by atoms with E-state index in [2.05, 4.69) is 40.8 Å². The number of ether oxygens (including phenoxy) is 5. The fourth-order valence-electron chi connectivity index (χ4n) is 3.92. The van der Waals surface area contributed by atoms with Crippen LogP contribution in [0.5, 0.6) is 23.5 Å². The van der Waals surface area contributed by atoms with E-state index >= 15 is 0 Å². The first-order valence-corrected chi connectivity index (χ1v) is 17.4. The summed E-state index contributed by atoms with van der Waals surface area (Å²) in [5.74, 6) is -2.67. The third-order valence-electron chi connectivity index (χ3n) is 6.10. The Kier molecular flexibility index (Phi) is 13.5. The van der Waals surface area contributed by atoms with Gasteiger partial charge in [0.15, 0.2) is 10.1 Å². The van der Waals surface area contributed by atoms with Crippen molar-refractivity contribution in [1.82, 2.24) is 48.9 Å². The zero-order valence-corrected chi connectivity index (χ0v) is 30.8. The van der Waals surface area contributed by atoms with Crippen LogP contribution in [0.15, 0.2) is 34.6 Å². The average molecular weight is 801 g/mol. The lowest BCUT2D eigenvalue weighted by molar-refractivity contribution is 0.0520. The molecule has 0 saturated carbocycles. The van der Waals surface area contributed by atoms with Gasteiger partial charge in [-0.25, -0.2) is 28.6 Å². The van der Waals surface area contributed by atoms with E-state index < -0.39 is 59.7 Å². The molecule has 4 heterocycles. The third kappa shape index (κ3) is 10.4. The normalized spacial score (nSPS) is 10.9. The number of aromatic carboxylic acids is 1. The Bertz CT molecular complexity index is 2210. The second kappa shape index (κ2) is 17.6. The molecule has 0 aliphatic heterocycles. The maximum absolute atomic E-state index is 12.6. The molecule has 0 saturated heterocycles. The molecule has 54 heavy (non-hydrogen) atoms. The second-order valence-corrected chi connectivity index (χ2v) is 12.9. The van der Waals surface area contributed by atoms with Crippen molar-refractivity contribution >= 4 is 55.9 Å². The Balaban J connectivity index is 0.000000291. The lowest BCUT2D eigenvalue weighted by atomic mass is 10.4. The zero-order chi connectivity index (χ0) is 40.4. The summed E-state index contributed by atoms with van der Waals surface area (Å²) in [6.07, 6.45) is 1.88. The molecule has 26 nitrogen and oxygen atoms in total.